The molecule has 0 N–H and O–H groups in total. The van der Waals surface area contributed by atoms with Crippen molar-refractivity contribution in [3.63, 3.8) is 0 Å². The van der Waals surface area contributed by atoms with Crippen molar-refractivity contribution in [3.05, 3.63) is 12.4 Å². The van der Waals surface area contributed by atoms with E-state index in [0.717, 1.165) is 11.8 Å². The molecule has 1 aromatic heterocycles. The number of aromatic nitrogens is 2. The summed E-state index contributed by atoms with van der Waals surface area (Å²) in [6, 6.07) is 2.58. The van der Waals surface area contributed by atoms with Gasteiger partial charge in [-0.15, -0.1) is 0 Å². The molecular weight excluding hydrogens is 285 g/mol. The Balaban J connectivity index is 1.79. The highest BCUT2D eigenvalue weighted by molar-refractivity contribution is 6.68. The molecule has 1 aliphatic carbocycles. The highest BCUT2D eigenvalue weighted by Crippen LogP contribution is 2.45. The zero-order chi connectivity index (χ0) is 16.7. The molecule has 1 saturated heterocycles. The Hall–Kier alpha value is -1.28. The van der Waals surface area contributed by atoms with Gasteiger partial charge < -0.3 is 4.65 Å². The lowest BCUT2D eigenvalue weighted by molar-refractivity contribution is 0.0375. The van der Waals surface area contributed by atoms with E-state index in [1.54, 1.807) is 0 Å². The monoisotopic (exact) mass is 313 g/mol. The fourth-order valence-corrected chi connectivity index (χ4v) is 4.06. The van der Waals surface area contributed by atoms with Crippen LogP contribution in [0.1, 0.15) is 65.8 Å². The lowest BCUT2D eigenvalue weighted by Gasteiger charge is -2.34. The smallest absolute Gasteiger partial charge is 0.331 e. The van der Waals surface area contributed by atoms with Gasteiger partial charge in [-0.3, -0.25) is 4.68 Å². The minimum absolute atomic E-state index is 0.111. The maximum absolute atomic E-state index is 9.20. The molecule has 0 spiro atoms. The SMILES string of the molecule is CC1(C)CB(c2cnn([C@@H](CC#N)C3CCCC3)c2)OC1(C)C. The molecule has 5 heteroatoms. The Labute approximate surface area is 140 Å². The van der Waals surface area contributed by atoms with Crippen LogP contribution in [0.25, 0.3) is 0 Å². The van der Waals surface area contributed by atoms with Crippen molar-refractivity contribution >= 4 is 12.4 Å². The average molecular weight is 313 g/mol. The lowest BCUT2D eigenvalue weighted by Crippen LogP contribution is -2.35. The summed E-state index contributed by atoms with van der Waals surface area (Å²) in [4.78, 5) is 0. The van der Waals surface area contributed by atoms with Gasteiger partial charge in [0.2, 0.25) is 0 Å². The highest BCUT2D eigenvalue weighted by Gasteiger charge is 2.50. The second-order valence-corrected chi connectivity index (χ2v) is 8.43. The minimum Gasteiger partial charge on any atom is -0.425 e. The fourth-order valence-electron chi connectivity index (χ4n) is 4.06. The van der Waals surface area contributed by atoms with E-state index in [-0.39, 0.29) is 24.0 Å². The molecule has 124 valence electrons. The fraction of sp³-hybridized carbons (Fsp3) is 0.778. The summed E-state index contributed by atoms with van der Waals surface area (Å²) in [7, 11) is 0. The van der Waals surface area contributed by atoms with E-state index >= 15 is 0 Å². The second kappa shape index (κ2) is 5.98. The van der Waals surface area contributed by atoms with Crippen LogP contribution in [0.5, 0.6) is 0 Å². The van der Waals surface area contributed by atoms with Crippen LogP contribution in [-0.2, 0) is 4.65 Å². The van der Waals surface area contributed by atoms with E-state index in [1.807, 2.05) is 10.9 Å². The third kappa shape index (κ3) is 3.06. The molecule has 2 heterocycles. The summed E-state index contributed by atoms with van der Waals surface area (Å²) in [5.41, 5.74) is 1.18. The highest BCUT2D eigenvalue weighted by atomic mass is 16.5. The molecule has 0 unspecified atom stereocenters. The zero-order valence-corrected chi connectivity index (χ0v) is 14.9. The van der Waals surface area contributed by atoms with Crippen LogP contribution in [0.2, 0.25) is 6.32 Å². The number of rotatable bonds is 4. The zero-order valence-electron chi connectivity index (χ0n) is 14.9. The molecule has 0 amide bonds. The molecule has 0 aromatic carbocycles. The van der Waals surface area contributed by atoms with Gasteiger partial charge in [0.25, 0.3) is 0 Å². The van der Waals surface area contributed by atoms with Gasteiger partial charge in [0.1, 0.15) is 0 Å². The van der Waals surface area contributed by atoms with Gasteiger partial charge in [0.05, 0.1) is 24.1 Å². The molecule has 23 heavy (non-hydrogen) atoms. The molecule has 4 nitrogen and oxygen atoms in total. The molecule has 1 aromatic rings. The van der Waals surface area contributed by atoms with Gasteiger partial charge in [-0.25, -0.2) is 0 Å². The van der Waals surface area contributed by atoms with E-state index in [2.05, 4.69) is 45.1 Å². The summed E-state index contributed by atoms with van der Waals surface area (Å²) in [5, 5.41) is 13.8. The van der Waals surface area contributed by atoms with Crippen LogP contribution in [-0.4, -0.2) is 22.3 Å². The Morgan fingerprint density at radius 1 is 1.39 bits per heavy atom. The Morgan fingerprint density at radius 3 is 2.65 bits per heavy atom. The second-order valence-electron chi connectivity index (χ2n) is 8.43. The molecule has 1 saturated carbocycles. The maximum Gasteiger partial charge on any atom is 0.331 e. The van der Waals surface area contributed by atoms with Crippen LogP contribution in [0.4, 0.5) is 0 Å². The third-order valence-electron chi connectivity index (χ3n) is 6.34. The summed E-state index contributed by atoms with van der Waals surface area (Å²) in [5.74, 6) is 0.597. The number of hydrogen-bond acceptors (Lipinski definition) is 3. The van der Waals surface area contributed by atoms with Crippen molar-refractivity contribution in [2.75, 3.05) is 0 Å². The van der Waals surface area contributed by atoms with E-state index in [1.165, 1.54) is 25.7 Å². The molecule has 1 aliphatic heterocycles. The third-order valence-corrected chi connectivity index (χ3v) is 6.34. The first-order valence-electron chi connectivity index (χ1n) is 8.93. The topological polar surface area (TPSA) is 50.8 Å². The first kappa shape index (κ1) is 16.6. The molecular formula is C18H28BN3O. The van der Waals surface area contributed by atoms with Gasteiger partial charge in [0.15, 0.2) is 0 Å². The van der Waals surface area contributed by atoms with Gasteiger partial charge in [-0.2, -0.15) is 10.4 Å². The van der Waals surface area contributed by atoms with Gasteiger partial charge >= 0.3 is 6.92 Å². The van der Waals surface area contributed by atoms with Crippen LogP contribution >= 0.6 is 0 Å². The number of hydrogen-bond donors (Lipinski definition) is 0. The Kier molecular flexibility index (Phi) is 4.31. The molecule has 2 fully saturated rings. The summed E-state index contributed by atoms with van der Waals surface area (Å²) in [6.07, 6.45) is 10.7. The first-order valence-corrected chi connectivity index (χ1v) is 8.93. The van der Waals surface area contributed by atoms with Crippen LogP contribution in [0.3, 0.4) is 0 Å². The quantitative estimate of drug-likeness (QED) is 0.799. The molecule has 3 rings (SSSR count). The first-order chi connectivity index (χ1) is 10.8. The van der Waals surface area contributed by atoms with Crippen LogP contribution in [0.15, 0.2) is 12.4 Å². The Bertz CT molecular complexity index is 580. The van der Waals surface area contributed by atoms with E-state index in [0.29, 0.717) is 12.3 Å². The average Bonchev–Trinajstić information content (AvgIpc) is 3.17. The van der Waals surface area contributed by atoms with Crippen LogP contribution in [0, 0.1) is 22.7 Å². The normalized spacial score (nSPS) is 24.7. The molecule has 0 radical (unpaired) electrons. The van der Waals surface area contributed by atoms with E-state index in [4.69, 9.17) is 4.65 Å². The van der Waals surface area contributed by atoms with Gasteiger partial charge in [-0.1, -0.05) is 26.7 Å². The minimum atomic E-state index is -0.128. The maximum atomic E-state index is 9.20. The van der Waals surface area contributed by atoms with Crippen molar-refractivity contribution in [2.24, 2.45) is 11.3 Å². The van der Waals surface area contributed by atoms with Crippen molar-refractivity contribution in [2.45, 2.75) is 77.8 Å². The van der Waals surface area contributed by atoms with E-state index in [9.17, 15) is 5.26 Å². The van der Waals surface area contributed by atoms with Gasteiger partial charge in [0, 0.05) is 12.4 Å². The standard InChI is InChI=1S/C18H28BN3O/c1-17(2)13-19(23-18(17,3)4)15-11-21-22(12-15)16(9-10-20)14-7-5-6-8-14/h11-12,14,16H,5-9,13H2,1-4H3/t16-/m0/s1. The Morgan fingerprint density at radius 2 is 2.09 bits per heavy atom. The molecule has 1 atom stereocenters. The van der Waals surface area contributed by atoms with Gasteiger partial charge in [-0.05, 0) is 49.8 Å². The largest absolute Gasteiger partial charge is 0.425 e. The van der Waals surface area contributed by atoms with E-state index < -0.39 is 0 Å². The number of nitriles is 1. The van der Waals surface area contributed by atoms with Crippen LogP contribution < -0.4 is 5.46 Å². The lowest BCUT2D eigenvalue weighted by atomic mass is 9.55. The molecule has 0 bridgehead atoms. The summed E-state index contributed by atoms with van der Waals surface area (Å²) >= 11 is 0. The summed E-state index contributed by atoms with van der Waals surface area (Å²) < 4.78 is 8.35. The van der Waals surface area contributed by atoms with Crippen molar-refractivity contribution in [1.82, 2.24) is 9.78 Å². The number of nitrogens with zero attached hydrogens (tertiary/aromatic N) is 3. The van der Waals surface area contributed by atoms with Crippen molar-refractivity contribution in [1.29, 1.82) is 5.26 Å². The predicted octanol–water partition coefficient (Wildman–Crippen LogP) is 3.56. The molecule has 2 aliphatic rings. The van der Waals surface area contributed by atoms with Crippen molar-refractivity contribution in [3.8, 4) is 6.07 Å². The summed E-state index contributed by atoms with van der Waals surface area (Å²) in [6.45, 7) is 9.01. The predicted molar refractivity (Wildman–Crippen MR) is 92.6 cm³/mol. The van der Waals surface area contributed by atoms with Crippen molar-refractivity contribution < 1.29 is 4.65 Å².